The molecule has 3 aromatic carbocycles. The van der Waals surface area contributed by atoms with Gasteiger partial charge in [-0.1, -0.05) is 42.5 Å². The van der Waals surface area contributed by atoms with Gasteiger partial charge in [-0.3, -0.25) is 4.57 Å². The van der Waals surface area contributed by atoms with E-state index in [0.717, 1.165) is 21.8 Å². The number of aromatic hydroxyl groups is 1. The molecule has 4 aromatic rings. The van der Waals surface area contributed by atoms with Crippen molar-refractivity contribution in [1.29, 1.82) is 0 Å². The van der Waals surface area contributed by atoms with Gasteiger partial charge in [0, 0.05) is 5.39 Å². The fourth-order valence-corrected chi connectivity index (χ4v) is 2.72. The highest BCUT2D eigenvalue weighted by Crippen LogP contribution is 2.34. The molecule has 0 bridgehead atoms. The average Bonchev–Trinajstić information content (AvgIpc) is 2.84. The van der Waals surface area contributed by atoms with Gasteiger partial charge < -0.3 is 10.8 Å². The molecular formula is C17H13N3O. The number of fused-ring (bicyclic) bond motifs is 2. The molecular weight excluding hydrogens is 262 g/mol. The maximum Gasteiger partial charge on any atom is 0.206 e. The molecule has 1 aromatic heterocycles. The van der Waals surface area contributed by atoms with Crippen molar-refractivity contribution >= 4 is 27.8 Å². The summed E-state index contributed by atoms with van der Waals surface area (Å²) in [5, 5.41) is 12.4. The highest BCUT2D eigenvalue weighted by Gasteiger charge is 2.14. The number of hydrogen-bond donors (Lipinski definition) is 2. The Labute approximate surface area is 121 Å². The van der Waals surface area contributed by atoms with E-state index in [2.05, 4.69) is 4.98 Å². The van der Waals surface area contributed by atoms with Crippen molar-refractivity contribution in [2.75, 3.05) is 5.73 Å². The van der Waals surface area contributed by atoms with Crippen LogP contribution in [0.15, 0.2) is 60.7 Å². The maximum absolute atomic E-state index is 10.6. The third kappa shape index (κ3) is 1.66. The van der Waals surface area contributed by atoms with Crippen molar-refractivity contribution in [2.45, 2.75) is 0 Å². The second kappa shape index (κ2) is 4.24. The van der Waals surface area contributed by atoms with Gasteiger partial charge in [-0.2, -0.15) is 0 Å². The molecule has 0 aliphatic carbocycles. The van der Waals surface area contributed by atoms with Crippen LogP contribution in [0.1, 0.15) is 0 Å². The molecule has 0 aliphatic rings. The molecule has 0 unspecified atom stereocenters. The summed E-state index contributed by atoms with van der Waals surface area (Å²) in [6.45, 7) is 0. The van der Waals surface area contributed by atoms with Crippen LogP contribution in [0.4, 0.5) is 5.95 Å². The molecule has 0 spiro atoms. The van der Waals surface area contributed by atoms with Crippen molar-refractivity contribution in [1.82, 2.24) is 9.55 Å². The Morgan fingerprint density at radius 1 is 0.905 bits per heavy atom. The highest BCUT2D eigenvalue weighted by atomic mass is 16.3. The standard InChI is InChI=1S/C17H13N3O/c18-17-19-13-7-3-4-8-14(13)20(17)15-10-9-11-5-1-2-6-12(11)16(15)21/h1-10,21H,(H2,18,19). The number of aromatic nitrogens is 2. The number of nitrogens with zero attached hydrogens (tertiary/aromatic N) is 2. The van der Waals surface area contributed by atoms with Crippen LogP contribution in [0.5, 0.6) is 5.75 Å². The van der Waals surface area contributed by atoms with E-state index in [-0.39, 0.29) is 5.75 Å². The van der Waals surface area contributed by atoms with E-state index >= 15 is 0 Å². The predicted molar refractivity (Wildman–Crippen MR) is 84.7 cm³/mol. The smallest absolute Gasteiger partial charge is 0.206 e. The lowest BCUT2D eigenvalue weighted by Crippen LogP contribution is -2.01. The second-order valence-electron chi connectivity index (χ2n) is 4.95. The van der Waals surface area contributed by atoms with E-state index in [1.807, 2.05) is 60.7 Å². The first-order chi connectivity index (χ1) is 10.3. The van der Waals surface area contributed by atoms with Gasteiger partial charge in [0.1, 0.15) is 5.75 Å². The largest absolute Gasteiger partial charge is 0.505 e. The van der Waals surface area contributed by atoms with Crippen LogP contribution in [0.3, 0.4) is 0 Å². The van der Waals surface area contributed by atoms with Gasteiger partial charge in [0.25, 0.3) is 0 Å². The molecule has 0 amide bonds. The number of rotatable bonds is 1. The molecule has 1 heterocycles. The molecule has 0 atom stereocenters. The summed E-state index contributed by atoms with van der Waals surface area (Å²) < 4.78 is 1.77. The van der Waals surface area contributed by atoms with Crippen LogP contribution >= 0.6 is 0 Å². The molecule has 21 heavy (non-hydrogen) atoms. The molecule has 4 rings (SSSR count). The minimum absolute atomic E-state index is 0.211. The van der Waals surface area contributed by atoms with Gasteiger partial charge in [0.2, 0.25) is 5.95 Å². The lowest BCUT2D eigenvalue weighted by Gasteiger charge is -2.11. The zero-order valence-corrected chi connectivity index (χ0v) is 11.2. The van der Waals surface area contributed by atoms with E-state index in [1.54, 1.807) is 4.57 Å². The summed E-state index contributed by atoms with van der Waals surface area (Å²) in [5.41, 5.74) is 8.36. The minimum atomic E-state index is 0.211. The lowest BCUT2D eigenvalue weighted by molar-refractivity contribution is 0.479. The summed E-state index contributed by atoms with van der Waals surface area (Å²) in [4.78, 5) is 4.34. The van der Waals surface area contributed by atoms with Gasteiger partial charge in [-0.05, 0) is 23.6 Å². The number of phenolic OH excluding ortho intramolecular Hbond substituents is 1. The van der Waals surface area contributed by atoms with Crippen LogP contribution in [0, 0.1) is 0 Å². The van der Waals surface area contributed by atoms with E-state index in [9.17, 15) is 5.11 Å². The summed E-state index contributed by atoms with van der Waals surface area (Å²) in [6.07, 6.45) is 0. The molecule has 0 saturated carbocycles. The van der Waals surface area contributed by atoms with E-state index < -0.39 is 0 Å². The zero-order chi connectivity index (χ0) is 14.4. The Bertz CT molecular complexity index is 972. The molecule has 4 nitrogen and oxygen atoms in total. The van der Waals surface area contributed by atoms with Crippen molar-refractivity contribution in [3.63, 3.8) is 0 Å². The Balaban J connectivity index is 2.09. The summed E-state index contributed by atoms with van der Waals surface area (Å²) in [7, 11) is 0. The Morgan fingerprint density at radius 3 is 2.57 bits per heavy atom. The van der Waals surface area contributed by atoms with E-state index in [0.29, 0.717) is 11.6 Å². The fraction of sp³-hybridized carbons (Fsp3) is 0. The van der Waals surface area contributed by atoms with Gasteiger partial charge in [-0.25, -0.2) is 4.98 Å². The van der Waals surface area contributed by atoms with Crippen LogP contribution in [-0.2, 0) is 0 Å². The number of anilines is 1. The topological polar surface area (TPSA) is 64.1 Å². The Morgan fingerprint density at radius 2 is 1.67 bits per heavy atom. The van der Waals surface area contributed by atoms with Crippen LogP contribution in [0.25, 0.3) is 27.5 Å². The molecule has 0 aliphatic heterocycles. The minimum Gasteiger partial charge on any atom is -0.505 e. The van der Waals surface area contributed by atoms with Crippen molar-refractivity contribution in [3.05, 3.63) is 60.7 Å². The number of hydrogen-bond acceptors (Lipinski definition) is 3. The number of imidazole rings is 1. The number of nitrogens with two attached hydrogens (primary N) is 1. The van der Waals surface area contributed by atoms with Crippen molar-refractivity contribution in [2.24, 2.45) is 0 Å². The zero-order valence-electron chi connectivity index (χ0n) is 11.2. The number of benzene rings is 3. The normalized spacial score (nSPS) is 11.2. The lowest BCUT2D eigenvalue weighted by atomic mass is 10.1. The van der Waals surface area contributed by atoms with Crippen molar-refractivity contribution < 1.29 is 5.11 Å². The van der Waals surface area contributed by atoms with Gasteiger partial charge in [0.05, 0.1) is 16.7 Å². The second-order valence-corrected chi connectivity index (χ2v) is 4.95. The Hall–Kier alpha value is -3.01. The van der Waals surface area contributed by atoms with Crippen molar-refractivity contribution in [3.8, 4) is 11.4 Å². The van der Waals surface area contributed by atoms with E-state index in [4.69, 9.17) is 5.73 Å². The fourth-order valence-electron chi connectivity index (χ4n) is 2.72. The van der Waals surface area contributed by atoms with Gasteiger partial charge in [-0.15, -0.1) is 0 Å². The third-order valence-corrected chi connectivity index (χ3v) is 3.71. The molecule has 0 fully saturated rings. The highest BCUT2D eigenvalue weighted by molar-refractivity contribution is 5.93. The predicted octanol–water partition coefficient (Wildman–Crippen LogP) is 3.47. The molecule has 3 N–H and O–H groups in total. The first-order valence-corrected chi connectivity index (χ1v) is 6.70. The number of nitrogen functional groups attached to an aromatic ring is 1. The molecule has 102 valence electrons. The molecule has 4 heteroatoms. The maximum atomic E-state index is 10.6. The molecule has 0 saturated heterocycles. The van der Waals surface area contributed by atoms with Crippen LogP contribution in [-0.4, -0.2) is 14.7 Å². The number of para-hydroxylation sites is 2. The average molecular weight is 275 g/mol. The first kappa shape index (κ1) is 11.8. The monoisotopic (exact) mass is 275 g/mol. The summed E-state index contributed by atoms with van der Waals surface area (Å²) >= 11 is 0. The SMILES string of the molecule is Nc1nc2ccccc2n1-c1ccc2ccccc2c1O. The van der Waals surface area contributed by atoms with Gasteiger partial charge in [0.15, 0.2) is 0 Å². The van der Waals surface area contributed by atoms with Crippen LogP contribution < -0.4 is 5.73 Å². The van der Waals surface area contributed by atoms with Crippen LogP contribution in [0.2, 0.25) is 0 Å². The Kier molecular flexibility index (Phi) is 2.38. The molecule has 0 radical (unpaired) electrons. The quantitative estimate of drug-likeness (QED) is 0.559. The van der Waals surface area contributed by atoms with Gasteiger partial charge >= 0.3 is 0 Å². The van der Waals surface area contributed by atoms with E-state index in [1.165, 1.54) is 0 Å². The third-order valence-electron chi connectivity index (χ3n) is 3.71. The number of phenols is 1. The first-order valence-electron chi connectivity index (χ1n) is 6.70. The summed E-state index contributed by atoms with van der Waals surface area (Å²) in [5.74, 6) is 0.574. The summed E-state index contributed by atoms with van der Waals surface area (Å²) in [6, 6.07) is 19.2.